The van der Waals surface area contributed by atoms with Crippen LogP contribution in [0.3, 0.4) is 0 Å². The van der Waals surface area contributed by atoms with Crippen molar-refractivity contribution in [3.8, 4) is 11.8 Å². The van der Waals surface area contributed by atoms with E-state index >= 15 is 0 Å². The molecule has 0 N–H and O–H groups in total. The first-order chi connectivity index (χ1) is 10.3. The number of rotatable bonds is 6. The SMILES string of the molecule is CCCC(C#N)(Cc1cccnn1)c1ccccc1OC. The quantitative estimate of drug-likeness (QED) is 0.815. The van der Waals surface area contributed by atoms with Crippen molar-refractivity contribution in [2.45, 2.75) is 31.6 Å². The first-order valence-corrected chi connectivity index (χ1v) is 7.07. The molecule has 0 amide bonds. The van der Waals surface area contributed by atoms with Gasteiger partial charge in [0.25, 0.3) is 0 Å². The maximum Gasteiger partial charge on any atom is 0.123 e. The average Bonchev–Trinajstić information content (AvgIpc) is 2.55. The monoisotopic (exact) mass is 281 g/mol. The fourth-order valence-electron chi connectivity index (χ4n) is 2.68. The van der Waals surface area contributed by atoms with Gasteiger partial charge < -0.3 is 4.74 Å². The Balaban J connectivity index is 2.49. The van der Waals surface area contributed by atoms with Gasteiger partial charge in [0, 0.05) is 18.2 Å². The van der Waals surface area contributed by atoms with Crippen LogP contribution in [0.2, 0.25) is 0 Å². The zero-order valence-corrected chi connectivity index (χ0v) is 12.4. The Hall–Kier alpha value is -2.41. The van der Waals surface area contributed by atoms with Crippen LogP contribution in [0, 0.1) is 11.3 Å². The lowest BCUT2D eigenvalue weighted by molar-refractivity contribution is 0.388. The average molecular weight is 281 g/mol. The highest BCUT2D eigenvalue weighted by Gasteiger charge is 2.35. The Labute approximate surface area is 125 Å². The van der Waals surface area contributed by atoms with Gasteiger partial charge in [-0.25, -0.2) is 0 Å². The summed E-state index contributed by atoms with van der Waals surface area (Å²) in [4.78, 5) is 0. The third-order valence-electron chi connectivity index (χ3n) is 3.62. The molecule has 21 heavy (non-hydrogen) atoms. The van der Waals surface area contributed by atoms with Gasteiger partial charge in [0.2, 0.25) is 0 Å². The van der Waals surface area contributed by atoms with Gasteiger partial charge in [-0.3, -0.25) is 0 Å². The maximum absolute atomic E-state index is 9.89. The zero-order valence-electron chi connectivity index (χ0n) is 12.4. The topological polar surface area (TPSA) is 58.8 Å². The van der Waals surface area contributed by atoms with Crippen LogP contribution in [0.4, 0.5) is 0 Å². The molecule has 0 aliphatic heterocycles. The van der Waals surface area contributed by atoms with Crippen molar-refractivity contribution in [3.63, 3.8) is 0 Å². The second kappa shape index (κ2) is 6.85. The minimum Gasteiger partial charge on any atom is -0.496 e. The van der Waals surface area contributed by atoms with Gasteiger partial charge in [0.1, 0.15) is 5.75 Å². The third-order valence-corrected chi connectivity index (χ3v) is 3.62. The predicted molar refractivity (Wildman–Crippen MR) is 80.9 cm³/mol. The van der Waals surface area contributed by atoms with E-state index in [1.807, 2.05) is 36.4 Å². The van der Waals surface area contributed by atoms with Gasteiger partial charge in [-0.2, -0.15) is 15.5 Å². The van der Waals surface area contributed by atoms with E-state index in [1.165, 1.54) is 0 Å². The first-order valence-electron chi connectivity index (χ1n) is 7.07. The summed E-state index contributed by atoms with van der Waals surface area (Å²) in [5.74, 6) is 0.747. The van der Waals surface area contributed by atoms with Crippen LogP contribution >= 0.6 is 0 Å². The van der Waals surface area contributed by atoms with Gasteiger partial charge >= 0.3 is 0 Å². The van der Waals surface area contributed by atoms with E-state index in [0.717, 1.165) is 29.8 Å². The molecular formula is C17H19N3O. The molecule has 0 saturated carbocycles. The highest BCUT2D eigenvalue weighted by Crippen LogP contribution is 2.37. The Morgan fingerprint density at radius 1 is 1.24 bits per heavy atom. The lowest BCUT2D eigenvalue weighted by Crippen LogP contribution is -2.28. The van der Waals surface area contributed by atoms with Crippen LogP contribution in [0.25, 0.3) is 0 Å². The molecule has 4 heteroatoms. The number of benzene rings is 1. The van der Waals surface area contributed by atoms with Crippen molar-refractivity contribution < 1.29 is 4.74 Å². The standard InChI is InChI=1S/C17H19N3O/c1-3-10-17(13-18,12-14-7-6-11-19-20-14)15-8-4-5-9-16(15)21-2/h4-9,11H,3,10,12H2,1-2H3. The van der Waals surface area contributed by atoms with Crippen LogP contribution in [0.1, 0.15) is 31.0 Å². The fraction of sp³-hybridized carbons (Fsp3) is 0.353. The molecule has 2 rings (SSSR count). The molecule has 4 nitrogen and oxygen atoms in total. The number of para-hydroxylation sites is 1. The highest BCUT2D eigenvalue weighted by atomic mass is 16.5. The molecule has 0 radical (unpaired) electrons. The first kappa shape index (κ1) is 15.0. The molecule has 0 spiro atoms. The fourth-order valence-corrected chi connectivity index (χ4v) is 2.68. The summed E-state index contributed by atoms with van der Waals surface area (Å²) in [5.41, 5.74) is 1.10. The number of nitrogens with zero attached hydrogens (tertiary/aromatic N) is 3. The van der Waals surface area contributed by atoms with Gasteiger partial charge in [0.15, 0.2) is 0 Å². The normalized spacial score (nSPS) is 13.2. The zero-order chi connectivity index (χ0) is 15.1. The van der Waals surface area contributed by atoms with Gasteiger partial charge in [-0.05, 0) is 24.6 Å². The second-order valence-electron chi connectivity index (χ2n) is 5.04. The van der Waals surface area contributed by atoms with Crippen molar-refractivity contribution in [2.75, 3.05) is 7.11 Å². The number of hydrogen-bond donors (Lipinski definition) is 0. The molecular weight excluding hydrogens is 262 g/mol. The van der Waals surface area contributed by atoms with Gasteiger partial charge in [0.05, 0.1) is 24.3 Å². The Morgan fingerprint density at radius 3 is 2.67 bits per heavy atom. The minimum absolute atomic E-state index is 0.533. The molecule has 1 atom stereocenters. The number of hydrogen-bond acceptors (Lipinski definition) is 4. The summed E-state index contributed by atoms with van der Waals surface area (Å²) >= 11 is 0. The van der Waals surface area contributed by atoms with Crippen molar-refractivity contribution in [3.05, 3.63) is 53.9 Å². The number of nitriles is 1. The Morgan fingerprint density at radius 2 is 2.05 bits per heavy atom. The number of ether oxygens (including phenoxy) is 1. The van der Waals surface area contributed by atoms with E-state index in [9.17, 15) is 5.26 Å². The largest absolute Gasteiger partial charge is 0.496 e. The van der Waals surface area contributed by atoms with E-state index in [0.29, 0.717) is 6.42 Å². The maximum atomic E-state index is 9.89. The molecule has 1 unspecified atom stereocenters. The van der Waals surface area contributed by atoms with E-state index < -0.39 is 5.41 Å². The van der Waals surface area contributed by atoms with Crippen molar-refractivity contribution in [1.82, 2.24) is 10.2 Å². The van der Waals surface area contributed by atoms with Crippen LogP contribution in [0.15, 0.2) is 42.6 Å². The molecule has 1 heterocycles. The van der Waals surface area contributed by atoms with Crippen LogP contribution < -0.4 is 4.74 Å². The summed E-state index contributed by atoms with van der Waals surface area (Å²) in [6.07, 6.45) is 3.83. The Kier molecular flexibility index (Phi) is 4.89. The number of aromatic nitrogens is 2. The van der Waals surface area contributed by atoms with Gasteiger partial charge in [-0.1, -0.05) is 31.5 Å². The van der Waals surface area contributed by atoms with Crippen LogP contribution in [-0.4, -0.2) is 17.3 Å². The highest BCUT2D eigenvalue weighted by molar-refractivity contribution is 5.44. The summed E-state index contributed by atoms with van der Waals surface area (Å²) in [6.45, 7) is 2.08. The molecule has 0 bridgehead atoms. The minimum atomic E-state index is -0.641. The predicted octanol–water partition coefficient (Wildman–Crippen LogP) is 3.29. The van der Waals surface area contributed by atoms with E-state index in [2.05, 4.69) is 23.2 Å². The summed E-state index contributed by atoms with van der Waals surface area (Å²) in [7, 11) is 1.63. The molecule has 0 aliphatic carbocycles. The second-order valence-corrected chi connectivity index (χ2v) is 5.04. The molecule has 1 aromatic carbocycles. The molecule has 108 valence electrons. The van der Waals surface area contributed by atoms with Gasteiger partial charge in [-0.15, -0.1) is 0 Å². The summed E-state index contributed by atoms with van der Waals surface area (Å²) in [6, 6.07) is 14.0. The molecule has 0 aliphatic rings. The summed E-state index contributed by atoms with van der Waals surface area (Å²) in [5, 5.41) is 17.9. The molecule has 1 aromatic heterocycles. The van der Waals surface area contributed by atoms with E-state index in [4.69, 9.17) is 4.74 Å². The van der Waals surface area contributed by atoms with Crippen molar-refractivity contribution in [1.29, 1.82) is 5.26 Å². The third kappa shape index (κ3) is 3.19. The number of methoxy groups -OCH3 is 1. The molecule has 0 saturated heterocycles. The van der Waals surface area contributed by atoms with Crippen molar-refractivity contribution >= 4 is 0 Å². The Bertz CT molecular complexity index is 621. The van der Waals surface area contributed by atoms with E-state index in [1.54, 1.807) is 13.3 Å². The van der Waals surface area contributed by atoms with Crippen LogP contribution in [0.5, 0.6) is 5.75 Å². The lowest BCUT2D eigenvalue weighted by atomic mass is 9.74. The van der Waals surface area contributed by atoms with Crippen LogP contribution in [-0.2, 0) is 11.8 Å². The van der Waals surface area contributed by atoms with E-state index in [-0.39, 0.29) is 0 Å². The summed E-state index contributed by atoms with van der Waals surface area (Å²) < 4.78 is 5.45. The lowest BCUT2D eigenvalue weighted by Gasteiger charge is -2.28. The smallest absolute Gasteiger partial charge is 0.123 e. The molecule has 0 fully saturated rings. The molecule has 2 aromatic rings. The van der Waals surface area contributed by atoms with Crippen molar-refractivity contribution in [2.24, 2.45) is 0 Å².